The highest BCUT2D eigenvalue weighted by atomic mass is 32.2. The third-order valence-corrected chi connectivity index (χ3v) is 10.9. The minimum absolute atomic E-state index is 0.175. The number of fused-ring (bicyclic) bond motifs is 5. The number of rotatable bonds is 5. The lowest BCUT2D eigenvalue weighted by Crippen LogP contribution is -2.61. The molecule has 0 bridgehead atoms. The summed E-state index contributed by atoms with van der Waals surface area (Å²) in [6, 6.07) is 0. The Kier molecular flexibility index (Phi) is 5.89. The van der Waals surface area contributed by atoms with E-state index >= 15 is 0 Å². The summed E-state index contributed by atoms with van der Waals surface area (Å²) in [6.45, 7) is 4.68. The van der Waals surface area contributed by atoms with E-state index in [0.29, 0.717) is 36.0 Å². The molecule has 168 valence electrons. The summed E-state index contributed by atoms with van der Waals surface area (Å²) in [5.41, 5.74) is 0.0795. The van der Waals surface area contributed by atoms with Crippen molar-refractivity contribution in [1.82, 2.24) is 0 Å². The van der Waals surface area contributed by atoms with E-state index in [4.69, 9.17) is 4.55 Å². The fourth-order valence-corrected chi connectivity index (χ4v) is 9.06. The molecule has 4 saturated carbocycles. The number of hydrogen-bond donors (Lipinski definition) is 3. The van der Waals surface area contributed by atoms with Crippen LogP contribution in [0, 0.1) is 40.4 Å². The Hall–Kier alpha value is -0.170. The van der Waals surface area contributed by atoms with E-state index < -0.39 is 10.1 Å². The van der Waals surface area contributed by atoms with Gasteiger partial charge in [0.05, 0.1) is 18.0 Å². The molecular weight excluding hydrogens is 388 g/mol. The average Bonchev–Trinajstić information content (AvgIpc) is 2.97. The first-order valence-electron chi connectivity index (χ1n) is 11.9. The summed E-state index contributed by atoms with van der Waals surface area (Å²) in [6.07, 6.45) is 10.4. The zero-order valence-electron chi connectivity index (χ0n) is 18.1. The van der Waals surface area contributed by atoms with E-state index in [1.54, 1.807) is 0 Å². The second-order valence-corrected chi connectivity index (χ2v) is 12.8. The van der Waals surface area contributed by atoms with Crippen LogP contribution >= 0.6 is 0 Å². The fraction of sp³-hybridized carbons (Fsp3) is 1.00. The highest BCUT2D eigenvalue weighted by Gasteiger charge is 2.64. The van der Waals surface area contributed by atoms with Crippen LogP contribution in [0.2, 0.25) is 0 Å². The van der Waals surface area contributed by atoms with Crippen LogP contribution in [-0.2, 0) is 10.1 Å². The Morgan fingerprint density at radius 1 is 0.966 bits per heavy atom. The summed E-state index contributed by atoms with van der Waals surface area (Å²) >= 11 is 0. The van der Waals surface area contributed by atoms with Crippen molar-refractivity contribution >= 4 is 10.1 Å². The molecule has 9 atom stereocenters. The van der Waals surface area contributed by atoms with E-state index in [-0.39, 0.29) is 28.8 Å². The molecule has 5 nitrogen and oxygen atoms in total. The Bertz CT molecular complexity index is 708. The maximum atomic E-state index is 11.4. The first-order valence-corrected chi connectivity index (χ1v) is 13.5. The smallest absolute Gasteiger partial charge is 0.264 e. The molecule has 0 saturated heterocycles. The van der Waals surface area contributed by atoms with E-state index in [9.17, 15) is 18.6 Å². The molecule has 0 spiro atoms. The number of hydrogen-bond acceptors (Lipinski definition) is 4. The fourth-order valence-electron chi connectivity index (χ4n) is 8.49. The lowest BCUT2D eigenvalue weighted by molar-refractivity contribution is -0.198. The quantitative estimate of drug-likeness (QED) is 0.454. The van der Waals surface area contributed by atoms with Gasteiger partial charge in [-0.1, -0.05) is 33.1 Å². The molecule has 0 aliphatic heterocycles. The van der Waals surface area contributed by atoms with Crippen LogP contribution in [0.4, 0.5) is 0 Å². The van der Waals surface area contributed by atoms with Gasteiger partial charge in [-0.2, -0.15) is 8.42 Å². The molecule has 0 radical (unpaired) electrons. The maximum Gasteiger partial charge on any atom is 0.264 e. The summed E-state index contributed by atoms with van der Waals surface area (Å²) in [5.74, 6) is 1.87. The average molecular weight is 429 g/mol. The molecule has 0 heterocycles. The lowest BCUT2D eigenvalue weighted by atomic mass is 9.43. The Morgan fingerprint density at radius 3 is 2.45 bits per heavy atom. The molecule has 29 heavy (non-hydrogen) atoms. The van der Waals surface area contributed by atoms with Crippen molar-refractivity contribution in [2.45, 2.75) is 96.7 Å². The summed E-state index contributed by atoms with van der Waals surface area (Å²) in [7, 11) is -3.89. The van der Waals surface area contributed by atoms with Gasteiger partial charge in [0.25, 0.3) is 10.1 Å². The molecule has 4 rings (SSSR count). The van der Waals surface area contributed by atoms with Crippen molar-refractivity contribution in [3.8, 4) is 0 Å². The van der Waals surface area contributed by atoms with Crippen LogP contribution in [0.5, 0.6) is 0 Å². The van der Waals surface area contributed by atoms with Gasteiger partial charge in [-0.05, 0) is 91.8 Å². The molecule has 0 aromatic heterocycles. The van der Waals surface area contributed by atoms with Gasteiger partial charge in [0.1, 0.15) is 0 Å². The topological polar surface area (TPSA) is 94.8 Å². The van der Waals surface area contributed by atoms with Crippen LogP contribution in [0.25, 0.3) is 0 Å². The molecule has 0 aromatic carbocycles. The monoisotopic (exact) mass is 428 g/mol. The third-order valence-electron chi connectivity index (χ3n) is 10.1. The van der Waals surface area contributed by atoms with Crippen LogP contribution < -0.4 is 0 Å². The maximum absolute atomic E-state index is 11.4. The van der Waals surface area contributed by atoms with Gasteiger partial charge < -0.3 is 10.2 Å². The SMILES string of the molecule is CC12CCCCC1CC(O)C1C2CC(O)C2(C)C(CCCCS(=O)(=O)O)CCC12. The van der Waals surface area contributed by atoms with Crippen LogP contribution in [0.15, 0.2) is 0 Å². The van der Waals surface area contributed by atoms with Gasteiger partial charge in [-0.3, -0.25) is 4.55 Å². The molecule has 9 unspecified atom stereocenters. The Balaban J connectivity index is 1.51. The predicted octanol–water partition coefficient (Wildman–Crippen LogP) is 4.04. The van der Waals surface area contributed by atoms with Crippen molar-refractivity contribution in [3.63, 3.8) is 0 Å². The third kappa shape index (κ3) is 3.70. The van der Waals surface area contributed by atoms with Gasteiger partial charge in [0, 0.05) is 0 Å². The lowest BCUT2D eigenvalue weighted by Gasteiger charge is -2.63. The van der Waals surface area contributed by atoms with Crippen molar-refractivity contribution in [1.29, 1.82) is 0 Å². The Labute approximate surface area is 176 Å². The molecule has 4 fully saturated rings. The van der Waals surface area contributed by atoms with Gasteiger partial charge in [-0.25, -0.2) is 0 Å². The minimum atomic E-state index is -3.89. The van der Waals surface area contributed by atoms with Crippen molar-refractivity contribution in [3.05, 3.63) is 0 Å². The van der Waals surface area contributed by atoms with E-state index in [0.717, 1.165) is 38.5 Å². The van der Waals surface area contributed by atoms with Crippen LogP contribution in [-0.4, -0.2) is 41.1 Å². The van der Waals surface area contributed by atoms with Gasteiger partial charge in [0.15, 0.2) is 0 Å². The van der Waals surface area contributed by atoms with Crippen LogP contribution in [0.3, 0.4) is 0 Å². The zero-order valence-corrected chi connectivity index (χ0v) is 18.9. The van der Waals surface area contributed by atoms with Crippen molar-refractivity contribution < 1.29 is 23.2 Å². The highest BCUT2D eigenvalue weighted by molar-refractivity contribution is 7.85. The first-order chi connectivity index (χ1) is 13.6. The van der Waals surface area contributed by atoms with Crippen molar-refractivity contribution in [2.75, 3.05) is 5.75 Å². The standard InChI is InChI=1S/C23H40O5S/c1-22-11-5-3-8-16(22)13-19(24)21-17-10-9-15(7-4-6-12-29(26,27)28)23(17,2)20(25)14-18(21)22/h15-21,24-25H,3-14H2,1-2H3,(H,26,27,28). The predicted molar refractivity (Wildman–Crippen MR) is 113 cm³/mol. The minimum Gasteiger partial charge on any atom is -0.393 e. The second kappa shape index (κ2) is 7.75. The Morgan fingerprint density at radius 2 is 1.72 bits per heavy atom. The number of unbranched alkanes of at least 4 members (excludes halogenated alkanes) is 1. The second-order valence-electron chi connectivity index (χ2n) is 11.2. The molecule has 0 amide bonds. The normalized spacial score (nSPS) is 49.9. The van der Waals surface area contributed by atoms with Gasteiger partial charge >= 0.3 is 0 Å². The highest BCUT2D eigenvalue weighted by Crippen LogP contribution is 2.67. The van der Waals surface area contributed by atoms with E-state index in [2.05, 4.69) is 13.8 Å². The molecule has 6 heteroatoms. The van der Waals surface area contributed by atoms with Gasteiger partial charge in [-0.15, -0.1) is 0 Å². The molecule has 4 aliphatic carbocycles. The van der Waals surface area contributed by atoms with Crippen LogP contribution in [0.1, 0.15) is 84.5 Å². The van der Waals surface area contributed by atoms with Crippen molar-refractivity contribution in [2.24, 2.45) is 40.4 Å². The molecule has 0 aromatic rings. The number of aliphatic hydroxyl groups is 2. The van der Waals surface area contributed by atoms with E-state index in [1.807, 2.05) is 0 Å². The molecule has 4 aliphatic rings. The zero-order chi connectivity index (χ0) is 21.0. The summed E-state index contributed by atoms with van der Waals surface area (Å²) < 4.78 is 31.0. The molecular formula is C23H40O5S. The number of aliphatic hydroxyl groups excluding tert-OH is 2. The summed E-state index contributed by atoms with van der Waals surface area (Å²) in [5, 5.41) is 22.6. The largest absolute Gasteiger partial charge is 0.393 e. The first kappa shape index (κ1) is 22.0. The summed E-state index contributed by atoms with van der Waals surface area (Å²) in [4.78, 5) is 0. The molecule has 3 N–H and O–H groups in total. The van der Waals surface area contributed by atoms with Gasteiger partial charge in [0.2, 0.25) is 0 Å². The van der Waals surface area contributed by atoms with E-state index in [1.165, 1.54) is 25.7 Å².